The van der Waals surface area contributed by atoms with Crippen LogP contribution in [-0.4, -0.2) is 53.4 Å². The maximum atomic E-state index is 5.99. The van der Waals surface area contributed by atoms with Crippen LogP contribution in [0.3, 0.4) is 0 Å². The molecule has 1 aliphatic rings. The minimum absolute atomic E-state index is 0.0681. The molecule has 5 heteroatoms. The molecule has 0 amide bonds. The summed E-state index contributed by atoms with van der Waals surface area (Å²) < 4.78 is 11.2. The van der Waals surface area contributed by atoms with E-state index >= 15 is 0 Å². The Morgan fingerprint density at radius 1 is 1.20 bits per heavy atom. The summed E-state index contributed by atoms with van der Waals surface area (Å²) in [6.45, 7) is 1.68. The van der Waals surface area contributed by atoms with Gasteiger partial charge < -0.3 is 14.1 Å². The third kappa shape index (κ3) is 5.89. The fourth-order valence-electron chi connectivity index (χ4n) is 2.28. The Morgan fingerprint density at radius 2 is 1.80 bits per heavy atom. The first-order chi connectivity index (χ1) is 9.48. The van der Waals surface area contributed by atoms with E-state index in [1.807, 2.05) is 26.0 Å². The van der Waals surface area contributed by atoms with Gasteiger partial charge in [-0.3, -0.25) is 0 Å². The van der Waals surface area contributed by atoms with Crippen LogP contribution in [0.25, 0.3) is 0 Å². The number of rotatable bonds is 3. The maximum absolute atomic E-state index is 5.99. The van der Waals surface area contributed by atoms with Crippen molar-refractivity contribution in [3.05, 3.63) is 35.4 Å². The number of ether oxygens (including phenoxy) is 1. The molecule has 1 aromatic rings. The molecule has 2 rings (SSSR count). The van der Waals surface area contributed by atoms with Crippen molar-refractivity contribution in [2.45, 2.75) is 31.1 Å². The quantitative estimate of drug-likeness (QED) is 0.754. The van der Waals surface area contributed by atoms with Crippen molar-refractivity contribution in [1.82, 2.24) is 4.90 Å². The minimum atomic E-state index is 0.0681. The topological polar surface area (TPSA) is 21.7 Å². The highest BCUT2D eigenvalue weighted by Crippen LogP contribution is 2.32. The monoisotopic (exact) mass is 311 g/mol. The first kappa shape index (κ1) is 17.6. The summed E-state index contributed by atoms with van der Waals surface area (Å²) in [5, 5.41) is 0.0681. The van der Waals surface area contributed by atoms with E-state index in [4.69, 9.17) is 9.16 Å². The van der Waals surface area contributed by atoms with Crippen molar-refractivity contribution in [2.24, 2.45) is 0 Å². The molecule has 1 fully saturated rings. The second-order valence-corrected chi connectivity index (χ2v) is 8.20. The highest BCUT2D eigenvalue weighted by Gasteiger charge is 2.29. The molecule has 20 heavy (non-hydrogen) atoms. The molecule has 1 aromatic carbocycles. The summed E-state index contributed by atoms with van der Waals surface area (Å²) in [4.78, 5) is 2.00. The van der Waals surface area contributed by atoms with Crippen LogP contribution in [0.1, 0.15) is 30.4 Å². The molecule has 0 saturated carbocycles. The second-order valence-electron chi connectivity index (χ2n) is 6.01. The molecule has 1 unspecified atom stereocenters. The normalized spacial score (nSPS) is 22.6. The lowest BCUT2D eigenvalue weighted by molar-refractivity contribution is -0.0210. The van der Waals surface area contributed by atoms with E-state index in [1.165, 1.54) is 30.4 Å². The lowest BCUT2D eigenvalue weighted by atomic mass is 9.99. The Morgan fingerprint density at radius 3 is 2.25 bits per heavy atom. The van der Waals surface area contributed by atoms with Crippen molar-refractivity contribution in [1.29, 1.82) is 0 Å². The summed E-state index contributed by atoms with van der Waals surface area (Å²) in [6, 6.07) is 8.78. The van der Waals surface area contributed by atoms with Gasteiger partial charge >= 0.3 is 0 Å². The van der Waals surface area contributed by atoms with Gasteiger partial charge in [0.15, 0.2) is 0 Å². The van der Waals surface area contributed by atoms with E-state index < -0.39 is 0 Å². The molecule has 3 nitrogen and oxygen atoms in total. The molecule has 0 bridgehead atoms. The molecule has 0 aromatic heterocycles. The summed E-state index contributed by atoms with van der Waals surface area (Å²) in [5.74, 6) is 0. The van der Waals surface area contributed by atoms with Crippen molar-refractivity contribution >= 4 is 20.7 Å². The van der Waals surface area contributed by atoms with Gasteiger partial charge in [-0.15, -0.1) is 0 Å². The zero-order chi connectivity index (χ0) is 15.0. The predicted octanol–water partition coefficient (Wildman–Crippen LogP) is 0.380. The molecule has 0 spiro atoms. The molecule has 0 N–H and O–H groups in total. The standard InChI is InChI=1S/C12H20O2Si2.C3H9N/c15-12(7-1-2-8-13-12)11-5-3-10(4-6-11)9-14-16;1-4(2)3/h3-6H,1-2,7-9H2,15-16H3;1-3H3. The van der Waals surface area contributed by atoms with Gasteiger partial charge in [0.25, 0.3) is 0 Å². The highest BCUT2D eigenvalue weighted by molar-refractivity contribution is 6.14. The van der Waals surface area contributed by atoms with Crippen LogP contribution >= 0.6 is 0 Å². The SMILES string of the molecule is CN(C)C.[SiH3]OCc1ccc(C2([SiH3])CCCCO2)cc1. The van der Waals surface area contributed by atoms with Gasteiger partial charge in [0.1, 0.15) is 10.5 Å². The maximum Gasteiger partial charge on any atom is 0.146 e. The number of nitrogens with zero attached hydrogens (tertiary/aromatic N) is 1. The molecular weight excluding hydrogens is 282 g/mol. The van der Waals surface area contributed by atoms with Gasteiger partial charge in [-0.05, 0) is 51.5 Å². The number of hydrogen-bond acceptors (Lipinski definition) is 3. The van der Waals surface area contributed by atoms with Crippen LogP contribution in [0.2, 0.25) is 0 Å². The molecule has 0 aliphatic carbocycles. The predicted molar refractivity (Wildman–Crippen MR) is 92.2 cm³/mol. The van der Waals surface area contributed by atoms with Gasteiger partial charge in [0.05, 0.1) is 11.8 Å². The van der Waals surface area contributed by atoms with Gasteiger partial charge in [-0.2, -0.15) is 0 Å². The lowest BCUT2D eigenvalue weighted by Gasteiger charge is -2.34. The Kier molecular flexibility index (Phi) is 7.68. The van der Waals surface area contributed by atoms with E-state index in [0.29, 0.717) is 0 Å². The minimum Gasteiger partial charge on any atom is -0.424 e. The van der Waals surface area contributed by atoms with Gasteiger partial charge in [-0.1, -0.05) is 24.3 Å². The summed E-state index contributed by atoms with van der Waals surface area (Å²) in [6.07, 6.45) is 3.71. The Balaban J connectivity index is 0.000000444. The van der Waals surface area contributed by atoms with Gasteiger partial charge in [-0.25, -0.2) is 0 Å². The third-order valence-electron chi connectivity index (χ3n) is 3.34. The summed E-state index contributed by atoms with van der Waals surface area (Å²) in [7, 11) is 7.88. The van der Waals surface area contributed by atoms with Crippen molar-refractivity contribution in [2.75, 3.05) is 27.7 Å². The average Bonchev–Trinajstić information content (AvgIpc) is 2.40. The van der Waals surface area contributed by atoms with Gasteiger partial charge in [0.2, 0.25) is 0 Å². The zero-order valence-electron chi connectivity index (χ0n) is 13.6. The first-order valence-corrected chi connectivity index (χ1v) is 9.13. The zero-order valence-corrected chi connectivity index (χ0v) is 17.6. The first-order valence-electron chi connectivity index (χ1n) is 7.31. The fraction of sp³-hybridized carbons (Fsp3) is 0.600. The lowest BCUT2D eigenvalue weighted by Crippen LogP contribution is -2.33. The van der Waals surface area contributed by atoms with Crippen molar-refractivity contribution in [3.8, 4) is 0 Å². The van der Waals surface area contributed by atoms with Crippen LogP contribution in [-0.2, 0) is 21.0 Å². The molecule has 1 atom stereocenters. The fourth-order valence-corrected chi connectivity index (χ4v) is 3.51. The number of benzene rings is 1. The average molecular weight is 312 g/mol. The van der Waals surface area contributed by atoms with E-state index in [1.54, 1.807) is 0 Å². The summed E-state index contributed by atoms with van der Waals surface area (Å²) >= 11 is 0. The molecule has 1 heterocycles. The highest BCUT2D eigenvalue weighted by atomic mass is 28.2. The van der Waals surface area contributed by atoms with Gasteiger partial charge in [0, 0.05) is 16.8 Å². The largest absolute Gasteiger partial charge is 0.424 e. The third-order valence-corrected chi connectivity index (χ3v) is 5.00. The Labute approximate surface area is 129 Å². The summed E-state index contributed by atoms with van der Waals surface area (Å²) in [5.41, 5.74) is 2.62. The van der Waals surface area contributed by atoms with Crippen molar-refractivity contribution in [3.63, 3.8) is 0 Å². The van der Waals surface area contributed by atoms with Crippen LogP contribution in [0.15, 0.2) is 24.3 Å². The smallest absolute Gasteiger partial charge is 0.146 e. The van der Waals surface area contributed by atoms with E-state index in [0.717, 1.165) is 33.9 Å². The second kappa shape index (κ2) is 8.74. The van der Waals surface area contributed by atoms with Crippen LogP contribution in [0.4, 0.5) is 0 Å². The molecule has 114 valence electrons. The Bertz CT molecular complexity index is 373. The van der Waals surface area contributed by atoms with E-state index in [2.05, 4.69) is 24.3 Å². The molecule has 1 aliphatic heterocycles. The van der Waals surface area contributed by atoms with Crippen LogP contribution in [0.5, 0.6) is 0 Å². The molecule has 0 radical (unpaired) electrons. The molecule has 1 saturated heterocycles. The van der Waals surface area contributed by atoms with E-state index in [-0.39, 0.29) is 5.22 Å². The van der Waals surface area contributed by atoms with Crippen LogP contribution < -0.4 is 0 Å². The van der Waals surface area contributed by atoms with Crippen molar-refractivity contribution < 1.29 is 9.16 Å². The van der Waals surface area contributed by atoms with Crippen LogP contribution in [0, 0.1) is 0 Å². The number of hydrogen-bond donors (Lipinski definition) is 0. The van der Waals surface area contributed by atoms with E-state index in [9.17, 15) is 0 Å². The molecular formula is C15H29NO2Si2. The Hall–Kier alpha value is -0.466.